The Balaban J connectivity index is 2.51. The zero-order valence-corrected chi connectivity index (χ0v) is 18.8. The van der Waals surface area contributed by atoms with E-state index in [1.54, 1.807) is 0 Å². The molecule has 2 rings (SSSR count). The highest BCUT2D eigenvalue weighted by Gasteiger charge is 2.35. The minimum atomic E-state index is -4.73. The van der Waals surface area contributed by atoms with E-state index in [4.69, 9.17) is 0 Å². The van der Waals surface area contributed by atoms with Crippen LogP contribution < -0.4 is 4.90 Å². The molecular formula is C21H16F6N2O5S. The molecule has 2 aromatic rings. The fourth-order valence-electron chi connectivity index (χ4n) is 2.78. The van der Waals surface area contributed by atoms with Gasteiger partial charge in [-0.25, -0.2) is 18.0 Å². The number of thioether (sulfide) groups is 1. The number of hydrogen-bond donors (Lipinski definition) is 0. The second-order valence-electron chi connectivity index (χ2n) is 6.70. The molecule has 0 aliphatic heterocycles. The summed E-state index contributed by atoms with van der Waals surface area (Å²) in [6.07, 6.45) is 0. The Morgan fingerprint density at radius 1 is 0.971 bits per heavy atom. The van der Waals surface area contributed by atoms with Crippen LogP contribution in [0.2, 0.25) is 0 Å². The van der Waals surface area contributed by atoms with E-state index in [-0.39, 0.29) is 4.90 Å². The molecule has 35 heavy (non-hydrogen) atoms. The quantitative estimate of drug-likeness (QED) is 0.305. The monoisotopic (exact) mass is 522 g/mol. The van der Waals surface area contributed by atoms with Gasteiger partial charge >= 0.3 is 17.5 Å². The molecular weight excluding hydrogens is 506 g/mol. The van der Waals surface area contributed by atoms with Crippen LogP contribution >= 0.6 is 11.8 Å². The average molecular weight is 522 g/mol. The Kier molecular flexibility index (Phi) is 8.90. The van der Waals surface area contributed by atoms with Crippen molar-refractivity contribution in [1.29, 1.82) is 0 Å². The van der Waals surface area contributed by atoms with E-state index in [1.165, 1.54) is 0 Å². The molecule has 14 heteroatoms. The SMILES string of the molecule is CC(=O)OCCN(C(=O)N(C(C)=O)C(=O)c1cccc(F)c1F)c1ccc(SC(F)(F)F)cc1F. The molecule has 0 aromatic heterocycles. The minimum absolute atomic E-state index is 0.108. The molecule has 2 aromatic carbocycles. The van der Waals surface area contributed by atoms with Crippen molar-refractivity contribution in [2.75, 3.05) is 18.1 Å². The van der Waals surface area contributed by atoms with E-state index in [0.717, 1.165) is 38.1 Å². The maximum absolute atomic E-state index is 14.7. The number of carbonyl (C=O) groups is 4. The first kappa shape index (κ1) is 27.7. The average Bonchev–Trinajstić information content (AvgIpc) is 2.72. The van der Waals surface area contributed by atoms with Gasteiger partial charge in [-0.2, -0.15) is 18.1 Å². The molecule has 188 valence electrons. The van der Waals surface area contributed by atoms with Crippen LogP contribution in [0.25, 0.3) is 0 Å². The van der Waals surface area contributed by atoms with Crippen LogP contribution in [0.4, 0.5) is 36.8 Å². The second kappa shape index (κ2) is 11.3. The third-order valence-electron chi connectivity index (χ3n) is 4.19. The zero-order valence-electron chi connectivity index (χ0n) is 18.0. The van der Waals surface area contributed by atoms with Crippen molar-refractivity contribution < 1.29 is 50.3 Å². The summed E-state index contributed by atoms with van der Waals surface area (Å²) in [5, 5.41) is 0. The number of rotatable bonds is 6. The van der Waals surface area contributed by atoms with Gasteiger partial charge in [-0.3, -0.25) is 19.3 Å². The van der Waals surface area contributed by atoms with Crippen molar-refractivity contribution in [2.45, 2.75) is 24.3 Å². The molecule has 0 radical (unpaired) electrons. The predicted octanol–water partition coefficient (Wildman–Crippen LogP) is 4.89. The molecule has 0 aliphatic rings. The number of amides is 4. The van der Waals surface area contributed by atoms with Crippen molar-refractivity contribution in [3.05, 3.63) is 59.4 Å². The van der Waals surface area contributed by atoms with Gasteiger partial charge in [-0.1, -0.05) is 6.07 Å². The highest BCUT2D eigenvalue weighted by Crippen LogP contribution is 2.38. The molecule has 0 N–H and O–H groups in total. The number of hydrogen-bond acceptors (Lipinski definition) is 6. The molecule has 0 unspecified atom stereocenters. The summed E-state index contributed by atoms with van der Waals surface area (Å²) in [5.41, 5.74) is -6.38. The van der Waals surface area contributed by atoms with Gasteiger partial charge < -0.3 is 4.74 Å². The lowest BCUT2D eigenvalue weighted by Crippen LogP contribution is -2.50. The van der Waals surface area contributed by atoms with Crippen molar-refractivity contribution in [2.24, 2.45) is 0 Å². The van der Waals surface area contributed by atoms with Gasteiger partial charge in [0, 0.05) is 18.7 Å². The molecule has 7 nitrogen and oxygen atoms in total. The largest absolute Gasteiger partial charge is 0.464 e. The Morgan fingerprint density at radius 2 is 1.63 bits per heavy atom. The fraction of sp³-hybridized carbons (Fsp3) is 0.238. The van der Waals surface area contributed by atoms with E-state index in [0.29, 0.717) is 17.0 Å². The van der Waals surface area contributed by atoms with E-state index in [2.05, 4.69) is 4.74 Å². The first-order valence-corrected chi connectivity index (χ1v) is 10.3. The molecule has 0 bridgehead atoms. The third-order valence-corrected chi connectivity index (χ3v) is 4.91. The Bertz CT molecular complexity index is 1160. The summed E-state index contributed by atoms with van der Waals surface area (Å²) in [4.78, 5) is 48.9. The Hall–Kier alpha value is -3.55. The summed E-state index contributed by atoms with van der Waals surface area (Å²) >= 11 is -0.627. The maximum atomic E-state index is 14.7. The van der Waals surface area contributed by atoms with Crippen LogP contribution in [-0.2, 0) is 14.3 Å². The number of urea groups is 1. The van der Waals surface area contributed by atoms with Gasteiger partial charge in [0.2, 0.25) is 5.91 Å². The van der Waals surface area contributed by atoms with Gasteiger partial charge in [0.25, 0.3) is 5.91 Å². The van der Waals surface area contributed by atoms with Crippen LogP contribution in [0, 0.1) is 17.5 Å². The summed E-state index contributed by atoms with van der Waals surface area (Å²) in [5.74, 6) is -8.07. The standard InChI is InChI=1S/C21H16F6N2O5S/c1-11(30)29(19(32)14-4-3-5-15(22)18(14)24)20(33)28(8-9-34-12(2)31)17-7-6-13(10-16(17)23)35-21(25,26)27/h3-7,10H,8-9H2,1-2H3. The number of benzene rings is 2. The van der Waals surface area contributed by atoms with Gasteiger partial charge in [0.05, 0.1) is 17.8 Å². The van der Waals surface area contributed by atoms with Gasteiger partial charge in [-0.15, -0.1) is 0 Å². The number of imide groups is 3. The second-order valence-corrected chi connectivity index (χ2v) is 7.83. The maximum Gasteiger partial charge on any atom is 0.446 e. The smallest absolute Gasteiger partial charge is 0.446 e. The molecule has 0 heterocycles. The van der Waals surface area contributed by atoms with Crippen molar-refractivity contribution in [1.82, 2.24) is 4.90 Å². The number of halogens is 6. The number of esters is 1. The van der Waals surface area contributed by atoms with E-state index >= 15 is 0 Å². The molecule has 0 saturated heterocycles. The summed E-state index contributed by atoms with van der Waals surface area (Å²) in [7, 11) is 0. The van der Waals surface area contributed by atoms with Crippen LogP contribution in [0.3, 0.4) is 0 Å². The molecule has 0 atom stereocenters. The lowest BCUT2D eigenvalue weighted by Gasteiger charge is -2.28. The third kappa shape index (κ3) is 7.21. The Labute approximate surface area is 198 Å². The van der Waals surface area contributed by atoms with Crippen molar-refractivity contribution in [3.8, 4) is 0 Å². The first-order chi connectivity index (χ1) is 16.2. The number of alkyl halides is 3. The number of ether oxygens (including phenoxy) is 1. The van der Waals surface area contributed by atoms with E-state index < -0.39 is 87.8 Å². The van der Waals surface area contributed by atoms with Crippen molar-refractivity contribution in [3.63, 3.8) is 0 Å². The molecule has 0 saturated carbocycles. The topological polar surface area (TPSA) is 84.0 Å². The number of nitrogens with zero attached hydrogens (tertiary/aromatic N) is 2. The van der Waals surface area contributed by atoms with Crippen LogP contribution in [0.15, 0.2) is 41.3 Å². The summed E-state index contributed by atoms with van der Waals surface area (Å²) < 4.78 is 84.9. The number of carbonyl (C=O) groups excluding carboxylic acids is 4. The van der Waals surface area contributed by atoms with E-state index in [1.807, 2.05) is 0 Å². The van der Waals surface area contributed by atoms with Crippen LogP contribution in [0.1, 0.15) is 24.2 Å². The van der Waals surface area contributed by atoms with Crippen LogP contribution in [-0.4, -0.2) is 47.4 Å². The highest BCUT2D eigenvalue weighted by atomic mass is 32.2. The molecule has 4 amide bonds. The van der Waals surface area contributed by atoms with Gasteiger partial charge in [0.15, 0.2) is 11.6 Å². The van der Waals surface area contributed by atoms with Crippen LogP contribution in [0.5, 0.6) is 0 Å². The summed E-state index contributed by atoms with van der Waals surface area (Å²) in [6, 6.07) is 2.96. The summed E-state index contributed by atoms with van der Waals surface area (Å²) in [6.45, 7) is 0.558. The van der Waals surface area contributed by atoms with Gasteiger partial charge in [0.1, 0.15) is 12.4 Å². The lowest BCUT2D eigenvalue weighted by atomic mass is 10.1. The minimum Gasteiger partial charge on any atom is -0.464 e. The normalized spacial score (nSPS) is 11.1. The predicted molar refractivity (Wildman–Crippen MR) is 111 cm³/mol. The fourth-order valence-corrected chi connectivity index (χ4v) is 3.34. The zero-order chi connectivity index (χ0) is 26.5. The van der Waals surface area contributed by atoms with E-state index in [9.17, 15) is 45.5 Å². The first-order valence-electron chi connectivity index (χ1n) is 9.52. The lowest BCUT2D eigenvalue weighted by molar-refractivity contribution is -0.140. The number of anilines is 1. The molecule has 0 aliphatic carbocycles. The Morgan fingerprint density at radius 3 is 2.17 bits per heavy atom. The van der Waals surface area contributed by atoms with Crippen molar-refractivity contribution >= 4 is 41.3 Å². The molecule has 0 spiro atoms. The molecule has 0 fully saturated rings. The van der Waals surface area contributed by atoms with Gasteiger partial charge in [-0.05, 0) is 42.1 Å². The highest BCUT2D eigenvalue weighted by molar-refractivity contribution is 8.00.